The molecule has 1 aliphatic rings. The van der Waals surface area contributed by atoms with Gasteiger partial charge in [-0.05, 0) is 37.5 Å². The first-order valence-corrected chi connectivity index (χ1v) is 11.2. The number of hydrogen-bond donors (Lipinski definition) is 0. The van der Waals surface area contributed by atoms with Crippen LogP contribution in [0.15, 0.2) is 11.6 Å². The zero-order valence-corrected chi connectivity index (χ0v) is 19.8. The first-order chi connectivity index (χ1) is 11.6. The molecule has 0 N–H and O–H groups in total. The minimum absolute atomic E-state index is 0.666. The monoisotopic (exact) mass is 342 g/mol. The Labute approximate surface area is 157 Å². The van der Waals surface area contributed by atoms with Crippen LogP contribution < -0.4 is 0 Å². The minimum atomic E-state index is 0.666. The van der Waals surface area contributed by atoms with Gasteiger partial charge >= 0.3 is 0 Å². The average Bonchev–Trinajstić information content (AvgIpc) is 2.69. The topological polar surface area (TPSA) is 0 Å². The van der Waals surface area contributed by atoms with Gasteiger partial charge in [-0.1, -0.05) is 120 Å². The van der Waals surface area contributed by atoms with Crippen LogP contribution in [0.1, 0.15) is 134 Å². The van der Waals surface area contributed by atoms with E-state index in [9.17, 15) is 0 Å². The molecule has 0 amide bonds. The summed E-state index contributed by atoms with van der Waals surface area (Å²) in [6.07, 6.45) is 13.3. The van der Waals surface area contributed by atoms with Gasteiger partial charge in [0.1, 0.15) is 0 Å². The summed E-state index contributed by atoms with van der Waals surface area (Å²) < 4.78 is 0. The summed E-state index contributed by atoms with van der Waals surface area (Å²) in [4.78, 5) is 0. The van der Waals surface area contributed by atoms with E-state index in [1.54, 1.807) is 5.57 Å². The maximum atomic E-state index is 2.44. The van der Waals surface area contributed by atoms with Gasteiger partial charge in [0.25, 0.3) is 0 Å². The Balaban J connectivity index is -0.000000134. The maximum Gasteiger partial charge on any atom is -0.0265 e. The molecule has 0 aromatic heterocycles. The second kappa shape index (κ2) is 25.0. The molecule has 0 saturated carbocycles. The number of rotatable bonds is 5. The number of hydrogen-bond acceptors (Lipinski definition) is 0. The van der Waals surface area contributed by atoms with Crippen molar-refractivity contribution in [2.45, 2.75) is 134 Å². The van der Waals surface area contributed by atoms with Gasteiger partial charge in [0, 0.05) is 0 Å². The van der Waals surface area contributed by atoms with Crippen LogP contribution >= 0.6 is 0 Å². The molecule has 0 atom stereocenters. The fourth-order valence-corrected chi connectivity index (χ4v) is 2.82. The highest BCUT2D eigenvalue weighted by molar-refractivity contribution is 5.06. The summed E-state index contributed by atoms with van der Waals surface area (Å²) in [5.41, 5.74) is 2.27. The SMILES string of the molecule is CC.CC.CC.CCC(CC)CC.CCC1(CC)CC=C(C)CC1. The van der Waals surface area contributed by atoms with Crippen LogP contribution in [0.2, 0.25) is 0 Å². The smallest absolute Gasteiger partial charge is 0.0265 e. The lowest BCUT2D eigenvalue weighted by molar-refractivity contribution is 0.232. The third-order valence-electron chi connectivity index (χ3n) is 5.17. The summed E-state index contributed by atoms with van der Waals surface area (Å²) in [5, 5.41) is 0. The largest absolute Gasteiger partial charge is 0.0851 e. The van der Waals surface area contributed by atoms with Crippen molar-refractivity contribution >= 4 is 0 Å². The summed E-state index contributed by atoms with van der Waals surface area (Å²) in [7, 11) is 0. The first-order valence-electron chi connectivity index (χ1n) is 11.2. The van der Waals surface area contributed by atoms with Crippen LogP contribution in [0.5, 0.6) is 0 Å². The molecule has 0 unspecified atom stereocenters. The molecule has 0 nitrogen and oxygen atoms in total. The molecule has 0 aliphatic heterocycles. The third-order valence-corrected chi connectivity index (χ3v) is 5.17. The van der Waals surface area contributed by atoms with Crippen LogP contribution in [0.4, 0.5) is 0 Å². The van der Waals surface area contributed by atoms with Crippen molar-refractivity contribution in [3.63, 3.8) is 0 Å². The first kappa shape index (κ1) is 31.5. The normalized spacial score (nSPS) is 14.3. The molecule has 0 aromatic carbocycles. The van der Waals surface area contributed by atoms with Gasteiger partial charge in [-0.2, -0.15) is 0 Å². The van der Waals surface area contributed by atoms with Crippen molar-refractivity contribution in [3.05, 3.63) is 11.6 Å². The summed E-state index contributed by atoms with van der Waals surface area (Å²) in [5.74, 6) is 0.986. The van der Waals surface area contributed by atoms with Gasteiger partial charge in [-0.3, -0.25) is 0 Å². The van der Waals surface area contributed by atoms with Crippen LogP contribution in [-0.4, -0.2) is 0 Å². The Morgan fingerprint density at radius 3 is 1.33 bits per heavy atom. The maximum absolute atomic E-state index is 2.44. The standard InChI is InChI=1S/C11H20.C7H16.3C2H6/c1-4-11(5-2)8-6-10(3)7-9-11;1-4-7(5-2)6-3;3*1-2/h6H,4-5,7-9H2,1-3H3;7H,4-6H2,1-3H3;3*1-2H3. The van der Waals surface area contributed by atoms with E-state index >= 15 is 0 Å². The summed E-state index contributed by atoms with van der Waals surface area (Å²) in [6, 6.07) is 0. The van der Waals surface area contributed by atoms with Gasteiger partial charge in [-0.25, -0.2) is 0 Å². The Morgan fingerprint density at radius 2 is 1.17 bits per heavy atom. The molecule has 0 saturated heterocycles. The molecule has 0 bridgehead atoms. The molecule has 1 aliphatic carbocycles. The molecule has 150 valence electrons. The molecule has 0 radical (unpaired) electrons. The Morgan fingerprint density at radius 1 is 0.792 bits per heavy atom. The van der Waals surface area contributed by atoms with Gasteiger partial charge < -0.3 is 0 Å². The molecule has 0 spiro atoms. The summed E-state index contributed by atoms with van der Waals surface area (Å²) >= 11 is 0. The van der Waals surface area contributed by atoms with Gasteiger partial charge in [0.2, 0.25) is 0 Å². The molecule has 0 heterocycles. The molecule has 0 aromatic rings. The number of allylic oxidation sites excluding steroid dienone is 2. The zero-order valence-electron chi connectivity index (χ0n) is 19.8. The van der Waals surface area contributed by atoms with E-state index < -0.39 is 0 Å². The van der Waals surface area contributed by atoms with E-state index in [-0.39, 0.29) is 0 Å². The van der Waals surface area contributed by atoms with Crippen molar-refractivity contribution in [1.82, 2.24) is 0 Å². The lowest BCUT2D eigenvalue weighted by Crippen LogP contribution is -2.20. The van der Waals surface area contributed by atoms with Crippen LogP contribution in [0, 0.1) is 11.3 Å². The van der Waals surface area contributed by atoms with Crippen molar-refractivity contribution < 1.29 is 0 Å². The zero-order chi connectivity index (χ0) is 20.0. The highest BCUT2D eigenvalue weighted by Crippen LogP contribution is 2.40. The van der Waals surface area contributed by atoms with Crippen LogP contribution in [0.25, 0.3) is 0 Å². The van der Waals surface area contributed by atoms with E-state index in [2.05, 4.69) is 47.6 Å². The van der Waals surface area contributed by atoms with E-state index in [1.807, 2.05) is 41.5 Å². The molecule has 24 heavy (non-hydrogen) atoms. The molecule has 0 heteroatoms. The highest BCUT2D eigenvalue weighted by atomic mass is 14.3. The van der Waals surface area contributed by atoms with E-state index in [1.165, 1.54) is 51.4 Å². The lowest BCUT2D eigenvalue weighted by Gasteiger charge is -2.34. The Kier molecular flexibility index (Phi) is 32.8. The van der Waals surface area contributed by atoms with Crippen molar-refractivity contribution in [2.24, 2.45) is 11.3 Å². The predicted octanol–water partition coefficient (Wildman–Crippen LogP) is 9.83. The highest BCUT2D eigenvalue weighted by Gasteiger charge is 2.26. The van der Waals surface area contributed by atoms with Crippen molar-refractivity contribution in [3.8, 4) is 0 Å². The molecule has 1 rings (SSSR count). The Bertz CT molecular complexity index is 211. The van der Waals surface area contributed by atoms with Crippen LogP contribution in [0.3, 0.4) is 0 Å². The molecule has 0 fully saturated rings. The quantitative estimate of drug-likeness (QED) is 0.436. The van der Waals surface area contributed by atoms with Crippen molar-refractivity contribution in [2.75, 3.05) is 0 Å². The lowest BCUT2D eigenvalue weighted by atomic mass is 9.71. The fraction of sp³-hybridized carbons (Fsp3) is 0.917. The van der Waals surface area contributed by atoms with E-state index in [4.69, 9.17) is 0 Å². The second-order valence-electron chi connectivity index (χ2n) is 6.05. The van der Waals surface area contributed by atoms with E-state index in [0.717, 1.165) is 5.92 Å². The van der Waals surface area contributed by atoms with E-state index in [0.29, 0.717) is 5.41 Å². The van der Waals surface area contributed by atoms with Gasteiger partial charge in [-0.15, -0.1) is 0 Å². The fourth-order valence-electron chi connectivity index (χ4n) is 2.82. The third kappa shape index (κ3) is 16.6. The second-order valence-corrected chi connectivity index (χ2v) is 6.05. The minimum Gasteiger partial charge on any atom is -0.0851 e. The van der Waals surface area contributed by atoms with Gasteiger partial charge in [0.05, 0.1) is 0 Å². The molecular weight excluding hydrogens is 288 g/mol. The Hall–Kier alpha value is -0.260. The summed E-state index contributed by atoms with van der Waals surface area (Å²) in [6.45, 7) is 25.7. The van der Waals surface area contributed by atoms with Crippen molar-refractivity contribution in [1.29, 1.82) is 0 Å². The predicted molar refractivity (Wildman–Crippen MR) is 119 cm³/mol. The van der Waals surface area contributed by atoms with Crippen LogP contribution in [-0.2, 0) is 0 Å². The van der Waals surface area contributed by atoms with Gasteiger partial charge in [0.15, 0.2) is 0 Å². The molecular formula is C24H54. The average molecular weight is 343 g/mol.